The molecule has 0 amide bonds. The van der Waals surface area contributed by atoms with Crippen LogP contribution in [0.15, 0.2) is 0 Å². The van der Waals surface area contributed by atoms with E-state index in [1.165, 1.54) is 0 Å². The predicted molar refractivity (Wildman–Crippen MR) is 61.4 cm³/mol. The minimum atomic E-state index is -1.20. The van der Waals surface area contributed by atoms with Crippen LogP contribution in [0.4, 0.5) is 0 Å². The van der Waals surface area contributed by atoms with Crippen molar-refractivity contribution < 1.29 is 29.7 Å². The van der Waals surface area contributed by atoms with E-state index in [9.17, 15) is 14.4 Å². The maximum atomic E-state index is 10.7. The Morgan fingerprint density at radius 3 is 2.11 bits per heavy atom. The van der Waals surface area contributed by atoms with Crippen LogP contribution in [0.2, 0.25) is 0 Å². The molecule has 0 bridgehead atoms. The van der Waals surface area contributed by atoms with Gasteiger partial charge in [0.15, 0.2) is 0 Å². The summed E-state index contributed by atoms with van der Waals surface area (Å²) in [4.78, 5) is 31.2. The van der Waals surface area contributed by atoms with Gasteiger partial charge in [-0.05, 0) is 19.5 Å². The Hall–Kier alpha value is -1.67. The molecule has 1 atom stereocenters. The summed E-state index contributed by atoms with van der Waals surface area (Å²) >= 11 is 0. The molecular formula is C10H18N2O6. The Bertz CT molecular complexity index is 294. The van der Waals surface area contributed by atoms with Crippen molar-refractivity contribution in [3.05, 3.63) is 0 Å². The Morgan fingerprint density at radius 1 is 0.944 bits per heavy atom. The summed E-state index contributed by atoms with van der Waals surface area (Å²) in [6.07, 6.45) is 0.148. The second-order valence-corrected chi connectivity index (χ2v) is 3.69. The Labute approximate surface area is 104 Å². The van der Waals surface area contributed by atoms with E-state index in [0.29, 0.717) is 26.1 Å². The van der Waals surface area contributed by atoms with Crippen LogP contribution < -0.4 is 10.6 Å². The van der Waals surface area contributed by atoms with Crippen molar-refractivity contribution in [2.75, 3.05) is 19.6 Å². The zero-order chi connectivity index (χ0) is 14.0. The van der Waals surface area contributed by atoms with Gasteiger partial charge < -0.3 is 26.0 Å². The van der Waals surface area contributed by atoms with E-state index in [2.05, 4.69) is 10.6 Å². The molecule has 0 heterocycles. The van der Waals surface area contributed by atoms with Crippen LogP contribution in [0.5, 0.6) is 0 Å². The summed E-state index contributed by atoms with van der Waals surface area (Å²) in [5, 5.41) is 31.1. The van der Waals surface area contributed by atoms with Gasteiger partial charge in [-0.25, -0.2) is 0 Å². The third kappa shape index (κ3) is 9.55. The van der Waals surface area contributed by atoms with E-state index in [-0.39, 0.29) is 6.42 Å². The first kappa shape index (κ1) is 16.3. The third-order valence-corrected chi connectivity index (χ3v) is 2.11. The van der Waals surface area contributed by atoms with Gasteiger partial charge in [-0.2, -0.15) is 0 Å². The predicted octanol–water partition coefficient (Wildman–Crippen LogP) is -1.04. The lowest BCUT2D eigenvalue weighted by Gasteiger charge is -2.12. The van der Waals surface area contributed by atoms with Crippen LogP contribution in [0.1, 0.15) is 19.3 Å². The van der Waals surface area contributed by atoms with Crippen molar-refractivity contribution in [1.29, 1.82) is 0 Å². The van der Waals surface area contributed by atoms with Crippen LogP contribution in [0, 0.1) is 0 Å². The second kappa shape index (κ2) is 9.37. The van der Waals surface area contributed by atoms with E-state index >= 15 is 0 Å². The molecule has 0 aliphatic rings. The summed E-state index contributed by atoms with van der Waals surface area (Å²) in [6, 6.07) is -1.10. The van der Waals surface area contributed by atoms with E-state index < -0.39 is 30.4 Å². The Balaban J connectivity index is 3.58. The number of rotatable bonds is 11. The molecule has 0 radical (unpaired) electrons. The van der Waals surface area contributed by atoms with Crippen molar-refractivity contribution in [1.82, 2.24) is 10.6 Å². The molecule has 0 aliphatic carbocycles. The Morgan fingerprint density at radius 2 is 1.61 bits per heavy atom. The van der Waals surface area contributed by atoms with Gasteiger partial charge >= 0.3 is 17.9 Å². The van der Waals surface area contributed by atoms with Gasteiger partial charge in [-0.3, -0.25) is 14.4 Å². The second-order valence-electron chi connectivity index (χ2n) is 3.69. The van der Waals surface area contributed by atoms with Crippen LogP contribution >= 0.6 is 0 Å². The molecule has 0 rings (SSSR count). The van der Waals surface area contributed by atoms with Gasteiger partial charge in [0.05, 0.1) is 12.8 Å². The average molecular weight is 262 g/mol. The van der Waals surface area contributed by atoms with E-state index in [0.717, 1.165) is 0 Å². The van der Waals surface area contributed by atoms with E-state index in [1.54, 1.807) is 0 Å². The topological polar surface area (TPSA) is 136 Å². The maximum absolute atomic E-state index is 10.7. The lowest BCUT2D eigenvalue weighted by Crippen LogP contribution is -2.39. The molecule has 1 unspecified atom stereocenters. The van der Waals surface area contributed by atoms with E-state index in [1.807, 2.05) is 0 Å². The number of carbonyl (C=O) groups is 3. The molecule has 0 aromatic rings. The molecule has 0 aromatic heterocycles. The van der Waals surface area contributed by atoms with Gasteiger partial charge in [-0.15, -0.1) is 0 Å². The van der Waals surface area contributed by atoms with Gasteiger partial charge in [0.25, 0.3) is 0 Å². The zero-order valence-corrected chi connectivity index (χ0v) is 9.89. The largest absolute Gasteiger partial charge is 0.481 e. The average Bonchev–Trinajstić information content (AvgIpc) is 2.25. The number of carboxylic acid groups (broad SMARTS) is 3. The van der Waals surface area contributed by atoms with Crippen molar-refractivity contribution in [3.8, 4) is 0 Å². The highest BCUT2D eigenvalue weighted by atomic mass is 16.4. The quantitative estimate of drug-likeness (QED) is 0.298. The Kier molecular flexibility index (Phi) is 8.50. The fourth-order valence-electron chi connectivity index (χ4n) is 1.23. The maximum Gasteiger partial charge on any atom is 0.321 e. The third-order valence-electron chi connectivity index (χ3n) is 2.11. The monoisotopic (exact) mass is 262 g/mol. The molecule has 0 aromatic carbocycles. The van der Waals surface area contributed by atoms with Crippen molar-refractivity contribution in [2.24, 2.45) is 0 Å². The number of carboxylic acids is 3. The van der Waals surface area contributed by atoms with Crippen molar-refractivity contribution in [2.45, 2.75) is 25.3 Å². The summed E-state index contributed by atoms with van der Waals surface area (Å²) < 4.78 is 0. The van der Waals surface area contributed by atoms with Crippen LogP contribution in [0.3, 0.4) is 0 Å². The highest BCUT2D eigenvalue weighted by molar-refractivity contribution is 5.80. The summed E-state index contributed by atoms with van der Waals surface area (Å²) in [5.74, 6) is -3.25. The molecule has 0 fully saturated rings. The van der Waals surface area contributed by atoms with Crippen LogP contribution in [-0.4, -0.2) is 58.9 Å². The van der Waals surface area contributed by atoms with Crippen molar-refractivity contribution >= 4 is 17.9 Å². The summed E-state index contributed by atoms with van der Waals surface area (Å²) in [6.45, 7) is 1.25. The lowest BCUT2D eigenvalue weighted by atomic mass is 10.2. The van der Waals surface area contributed by atoms with Gasteiger partial charge in [0.2, 0.25) is 0 Å². The summed E-state index contributed by atoms with van der Waals surface area (Å²) in [7, 11) is 0. The molecule has 0 saturated heterocycles. The standard InChI is InChI=1S/C10H18N2O6/c13-8(14)2-5-11-3-1-4-12-7(10(17)18)6-9(15)16/h7,11-12H,1-6H2,(H,13,14)(H,15,16)(H,17,18). The molecule has 0 saturated carbocycles. The number of hydrogen-bond acceptors (Lipinski definition) is 5. The number of aliphatic carboxylic acids is 3. The van der Waals surface area contributed by atoms with E-state index in [4.69, 9.17) is 15.3 Å². The summed E-state index contributed by atoms with van der Waals surface area (Å²) in [5.41, 5.74) is 0. The van der Waals surface area contributed by atoms with Gasteiger partial charge in [-0.1, -0.05) is 0 Å². The minimum absolute atomic E-state index is 0.0319. The zero-order valence-electron chi connectivity index (χ0n) is 9.89. The number of hydrogen-bond donors (Lipinski definition) is 5. The molecule has 18 heavy (non-hydrogen) atoms. The van der Waals surface area contributed by atoms with Crippen molar-refractivity contribution in [3.63, 3.8) is 0 Å². The van der Waals surface area contributed by atoms with Crippen LogP contribution in [0.25, 0.3) is 0 Å². The van der Waals surface area contributed by atoms with Crippen LogP contribution in [-0.2, 0) is 14.4 Å². The first-order valence-electron chi connectivity index (χ1n) is 5.54. The molecule has 5 N–H and O–H groups in total. The van der Waals surface area contributed by atoms with Gasteiger partial charge in [0.1, 0.15) is 6.04 Å². The minimum Gasteiger partial charge on any atom is -0.481 e. The smallest absolute Gasteiger partial charge is 0.321 e. The molecule has 104 valence electrons. The first-order valence-corrected chi connectivity index (χ1v) is 5.54. The highest BCUT2D eigenvalue weighted by Gasteiger charge is 2.19. The normalized spacial score (nSPS) is 12.0. The molecular weight excluding hydrogens is 244 g/mol. The molecule has 0 aliphatic heterocycles. The fourth-order valence-corrected chi connectivity index (χ4v) is 1.23. The first-order chi connectivity index (χ1) is 8.43. The molecule has 0 spiro atoms. The highest BCUT2D eigenvalue weighted by Crippen LogP contribution is 1.92. The fraction of sp³-hybridized carbons (Fsp3) is 0.700. The lowest BCUT2D eigenvalue weighted by molar-refractivity contribution is -0.145. The number of nitrogens with one attached hydrogen (secondary N) is 2. The SMILES string of the molecule is O=C(O)CCNCCCNC(CC(=O)O)C(=O)O. The molecule has 8 heteroatoms. The molecule has 8 nitrogen and oxygen atoms in total. The van der Waals surface area contributed by atoms with Gasteiger partial charge in [0, 0.05) is 6.54 Å².